The minimum Gasteiger partial charge on any atom is -0.373 e. The van der Waals surface area contributed by atoms with Crippen LogP contribution >= 0.6 is 0 Å². The van der Waals surface area contributed by atoms with Crippen molar-refractivity contribution >= 4 is 11.6 Å². The first-order chi connectivity index (χ1) is 7.88. The smallest absolute Gasteiger partial charge is 0.131 e. The third kappa shape index (κ3) is 3.06. The van der Waals surface area contributed by atoms with Crippen LogP contribution in [0.5, 0.6) is 0 Å². The van der Waals surface area contributed by atoms with Crippen molar-refractivity contribution in [2.24, 2.45) is 0 Å². The van der Waals surface area contributed by atoms with Crippen LogP contribution in [0, 0.1) is 0 Å². The van der Waals surface area contributed by atoms with Crippen molar-refractivity contribution in [2.75, 3.05) is 30.8 Å². The number of nitrogens with one attached hydrogen (secondary N) is 3. The molecule has 0 amide bonds. The Balaban J connectivity index is 1.83. The number of nitrogens with zero attached hydrogens (tertiary/aromatic N) is 2. The van der Waals surface area contributed by atoms with Gasteiger partial charge in [0.1, 0.15) is 18.0 Å². The zero-order valence-corrected chi connectivity index (χ0v) is 9.66. The van der Waals surface area contributed by atoms with Crippen molar-refractivity contribution in [3.63, 3.8) is 0 Å². The predicted octanol–water partition coefficient (Wildman–Crippen LogP) is 1.07. The first kappa shape index (κ1) is 11.1. The van der Waals surface area contributed by atoms with Crippen molar-refractivity contribution in [1.29, 1.82) is 0 Å². The number of anilines is 2. The van der Waals surface area contributed by atoms with Crippen molar-refractivity contribution < 1.29 is 0 Å². The molecule has 0 radical (unpaired) electrons. The van der Waals surface area contributed by atoms with Crippen LogP contribution in [0.1, 0.15) is 19.3 Å². The fraction of sp³-hybridized carbons (Fsp3) is 0.636. The van der Waals surface area contributed by atoms with Gasteiger partial charge in [0.05, 0.1) is 0 Å². The summed E-state index contributed by atoms with van der Waals surface area (Å²) in [4.78, 5) is 8.26. The molecule has 16 heavy (non-hydrogen) atoms. The highest BCUT2D eigenvalue weighted by atomic mass is 15.1. The molecule has 88 valence electrons. The summed E-state index contributed by atoms with van der Waals surface area (Å²) in [6.45, 7) is 2.07. The van der Waals surface area contributed by atoms with Crippen molar-refractivity contribution in [3.05, 3.63) is 12.4 Å². The third-order valence-corrected chi connectivity index (χ3v) is 2.87. The molecule has 0 aromatic carbocycles. The Morgan fingerprint density at radius 1 is 1.38 bits per heavy atom. The number of aromatic nitrogens is 2. The van der Waals surface area contributed by atoms with E-state index in [9.17, 15) is 0 Å². The summed E-state index contributed by atoms with van der Waals surface area (Å²) in [7, 11) is 1.86. The van der Waals surface area contributed by atoms with E-state index >= 15 is 0 Å². The fourth-order valence-electron chi connectivity index (χ4n) is 1.92. The van der Waals surface area contributed by atoms with E-state index in [1.54, 1.807) is 6.33 Å². The van der Waals surface area contributed by atoms with Crippen LogP contribution in [-0.2, 0) is 0 Å². The molecule has 0 aliphatic carbocycles. The zero-order chi connectivity index (χ0) is 11.2. The Hall–Kier alpha value is -1.36. The number of rotatable bonds is 4. The summed E-state index contributed by atoms with van der Waals surface area (Å²) in [6.07, 6.45) is 5.44. The molecule has 1 aliphatic heterocycles. The van der Waals surface area contributed by atoms with E-state index in [4.69, 9.17) is 0 Å². The molecule has 0 saturated carbocycles. The number of piperidine rings is 1. The molecule has 1 fully saturated rings. The van der Waals surface area contributed by atoms with Gasteiger partial charge < -0.3 is 16.0 Å². The molecule has 1 aromatic heterocycles. The van der Waals surface area contributed by atoms with E-state index in [1.165, 1.54) is 19.3 Å². The van der Waals surface area contributed by atoms with Gasteiger partial charge in [-0.05, 0) is 19.4 Å². The van der Waals surface area contributed by atoms with E-state index in [0.29, 0.717) is 6.04 Å². The normalized spacial score (nSPS) is 20.4. The Bertz CT molecular complexity index is 322. The van der Waals surface area contributed by atoms with Crippen LogP contribution in [0.3, 0.4) is 0 Å². The lowest BCUT2D eigenvalue weighted by molar-refractivity contribution is 0.414. The molecule has 5 nitrogen and oxygen atoms in total. The van der Waals surface area contributed by atoms with Gasteiger partial charge >= 0.3 is 0 Å². The molecule has 2 heterocycles. The minimum atomic E-state index is 0.571. The predicted molar refractivity (Wildman–Crippen MR) is 65.7 cm³/mol. The van der Waals surface area contributed by atoms with Gasteiger partial charge in [-0.25, -0.2) is 9.97 Å². The summed E-state index contributed by atoms with van der Waals surface area (Å²) in [5.41, 5.74) is 0. The second-order valence-electron chi connectivity index (χ2n) is 4.07. The lowest BCUT2D eigenvalue weighted by Gasteiger charge is -2.23. The SMILES string of the molecule is CNc1cc(NCC2CCCCN2)ncn1. The molecular weight excluding hydrogens is 202 g/mol. The lowest BCUT2D eigenvalue weighted by Crippen LogP contribution is -2.39. The Labute approximate surface area is 96.1 Å². The van der Waals surface area contributed by atoms with Gasteiger partial charge in [0.15, 0.2) is 0 Å². The third-order valence-electron chi connectivity index (χ3n) is 2.87. The topological polar surface area (TPSA) is 61.9 Å². The average Bonchev–Trinajstić information content (AvgIpc) is 2.38. The summed E-state index contributed by atoms with van der Waals surface area (Å²) in [6, 6.07) is 2.49. The first-order valence-electron chi connectivity index (χ1n) is 5.85. The van der Waals surface area contributed by atoms with E-state index in [0.717, 1.165) is 24.7 Å². The van der Waals surface area contributed by atoms with Crippen molar-refractivity contribution in [1.82, 2.24) is 15.3 Å². The number of hydrogen-bond acceptors (Lipinski definition) is 5. The van der Waals surface area contributed by atoms with Gasteiger partial charge in [0.2, 0.25) is 0 Å². The first-order valence-corrected chi connectivity index (χ1v) is 5.85. The molecule has 3 N–H and O–H groups in total. The summed E-state index contributed by atoms with van der Waals surface area (Å²) < 4.78 is 0. The van der Waals surface area contributed by atoms with Crippen molar-refractivity contribution in [2.45, 2.75) is 25.3 Å². The maximum Gasteiger partial charge on any atom is 0.131 e. The molecule has 0 bridgehead atoms. The van der Waals surface area contributed by atoms with Crippen LogP contribution in [0.2, 0.25) is 0 Å². The molecule has 1 saturated heterocycles. The zero-order valence-electron chi connectivity index (χ0n) is 9.66. The molecule has 1 aromatic rings. The van der Waals surface area contributed by atoms with Crippen LogP contribution < -0.4 is 16.0 Å². The van der Waals surface area contributed by atoms with E-state index in [2.05, 4.69) is 25.9 Å². The molecular formula is C11H19N5. The summed E-state index contributed by atoms with van der Waals surface area (Å²) in [5, 5.41) is 9.83. The average molecular weight is 221 g/mol. The molecule has 2 rings (SSSR count). The molecule has 1 unspecified atom stereocenters. The summed E-state index contributed by atoms with van der Waals surface area (Å²) in [5.74, 6) is 1.72. The quantitative estimate of drug-likeness (QED) is 0.710. The van der Waals surface area contributed by atoms with E-state index < -0.39 is 0 Å². The van der Waals surface area contributed by atoms with Crippen LogP contribution in [0.25, 0.3) is 0 Å². The largest absolute Gasteiger partial charge is 0.373 e. The maximum atomic E-state index is 4.18. The van der Waals surface area contributed by atoms with E-state index in [-0.39, 0.29) is 0 Å². The Morgan fingerprint density at radius 2 is 2.25 bits per heavy atom. The maximum absolute atomic E-state index is 4.18. The van der Waals surface area contributed by atoms with E-state index in [1.807, 2.05) is 13.1 Å². The van der Waals surface area contributed by atoms with Gasteiger partial charge in [0, 0.05) is 25.7 Å². The number of hydrogen-bond donors (Lipinski definition) is 3. The van der Waals surface area contributed by atoms with Gasteiger partial charge in [0.25, 0.3) is 0 Å². The highest BCUT2D eigenvalue weighted by Gasteiger charge is 2.11. The van der Waals surface area contributed by atoms with Gasteiger partial charge in [-0.2, -0.15) is 0 Å². The fourth-order valence-corrected chi connectivity index (χ4v) is 1.92. The molecule has 1 atom stereocenters. The second kappa shape index (κ2) is 5.65. The van der Waals surface area contributed by atoms with Crippen LogP contribution in [-0.4, -0.2) is 36.1 Å². The van der Waals surface area contributed by atoms with Gasteiger partial charge in [-0.1, -0.05) is 6.42 Å². The Morgan fingerprint density at radius 3 is 3.00 bits per heavy atom. The summed E-state index contributed by atoms with van der Waals surface area (Å²) >= 11 is 0. The van der Waals surface area contributed by atoms with Crippen LogP contribution in [0.15, 0.2) is 12.4 Å². The standard InChI is InChI=1S/C11H19N5/c1-12-10-6-11(16-8-15-10)14-7-9-4-2-3-5-13-9/h6,8-9,13H,2-5,7H2,1H3,(H2,12,14,15,16). The monoisotopic (exact) mass is 221 g/mol. The highest BCUT2D eigenvalue weighted by molar-refractivity contribution is 5.45. The molecule has 5 heteroatoms. The Kier molecular flexibility index (Phi) is 3.93. The van der Waals surface area contributed by atoms with Crippen molar-refractivity contribution in [3.8, 4) is 0 Å². The minimum absolute atomic E-state index is 0.571. The highest BCUT2D eigenvalue weighted by Crippen LogP contribution is 2.10. The van der Waals surface area contributed by atoms with Crippen LogP contribution in [0.4, 0.5) is 11.6 Å². The lowest BCUT2D eigenvalue weighted by atomic mass is 10.1. The van der Waals surface area contributed by atoms with Gasteiger partial charge in [-0.3, -0.25) is 0 Å². The van der Waals surface area contributed by atoms with Gasteiger partial charge in [-0.15, -0.1) is 0 Å². The molecule has 1 aliphatic rings. The second-order valence-corrected chi connectivity index (χ2v) is 4.07. The molecule has 0 spiro atoms.